The van der Waals surface area contributed by atoms with Gasteiger partial charge >= 0.3 is 0 Å². The monoisotopic (exact) mass is 331 g/mol. The van der Waals surface area contributed by atoms with E-state index in [1.54, 1.807) is 0 Å². The molecule has 0 bridgehead atoms. The second kappa shape index (κ2) is 7.61. The largest absolute Gasteiger partial charge is 0.310 e. The van der Waals surface area contributed by atoms with E-state index >= 15 is 0 Å². The van der Waals surface area contributed by atoms with Gasteiger partial charge in [0.1, 0.15) is 0 Å². The Labute approximate surface area is 130 Å². The van der Waals surface area contributed by atoms with Gasteiger partial charge in [0.25, 0.3) is 0 Å². The summed E-state index contributed by atoms with van der Waals surface area (Å²) in [6.45, 7) is 5.31. The Balaban J connectivity index is 2.10. The highest BCUT2D eigenvalue weighted by Crippen LogP contribution is 2.24. The number of nitrogens with one attached hydrogen (secondary N) is 1. The Bertz CT molecular complexity index is 516. The Morgan fingerprint density at radius 3 is 2.50 bits per heavy atom. The van der Waals surface area contributed by atoms with E-state index in [4.69, 9.17) is 0 Å². The first-order valence-corrected chi connectivity index (χ1v) is 8.02. The zero-order valence-electron chi connectivity index (χ0n) is 12.2. The molecule has 2 rings (SSSR count). The summed E-state index contributed by atoms with van der Waals surface area (Å²) in [4.78, 5) is 0. The maximum absolute atomic E-state index is 3.60. The molecule has 2 aromatic carbocycles. The van der Waals surface area contributed by atoms with Crippen molar-refractivity contribution in [3.8, 4) is 0 Å². The van der Waals surface area contributed by atoms with Crippen LogP contribution in [0.4, 0.5) is 0 Å². The van der Waals surface area contributed by atoms with Crippen molar-refractivity contribution in [1.29, 1.82) is 0 Å². The van der Waals surface area contributed by atoms with Crippen molar-refractivity contribution >= 4 is 15.9 Å². The lowest BCUT2D eigenvalue weighted by Gasteiger charge is -2.19. The van der Waals surface area contributed by atoms with Gasteiger partial charge in [-0.3, -0.25) is 0 Å². The molecule has 0 spiro atoms. The van der Waals surface area contributed by atoms with Crippen LogP contribution in [-0.4, -0.2) is 6.54 Å². The van der Waals surface area contributed by atoms with Gasteiger partial charge in [0.2, 0.25) is 0 Å². The van der Waals surface area contributed by atoms with Crippen LogP contribution in [0.15, 0.2) is 53.0 Å². The first-order chi connectivity index (χ1) is 9.69. The molecule has 0 radical (unpaired) electrons. The van der Waals surface area contributed by atoms with E-state index in [1.807, 2.05) is 0 Å². The Morgan fingerprint density at radius 1 is 1.10 bits per heavy atom. The first kappa shape index (κ1) is 15.3. The van der Waals surface area contributed by atoms with E-state index in [2.05, 4.69) is 83.6 Å². The van der Waals surface area contributed by atoms with Gasteiger partial charge in [-0.05, 0) is 55.1 Å². The Hall–Kier alpha value is -1.12. The third-order valence-electron chi connectivity index (χ3n) is 3.48. The molecule has 0 heterocycles. The molecule has 0 aliphatic rings. The van der Waals surface area contributed by atoms with E-state index in [1.165, 1.54) is 16.7 Å². The average Bonchev–Trinajstić information content (AvgIpc) is 2.43. The fourth-order valence-electron chi connectivity index (χ4n) is 2.55. The van der Waals surface area contributed by atoms with Crippen LogP contribution in [0.1, 0.15) is 36.1 Å². The van der Waals surface area contributed by atoms with Gasteiger partial charge in [0, 0.05) is 10.5 Å². The van der Waals surface area contributed by atoms with Crippen LogP contribution >= 0.6 is 15.9 Å². The smallest absolute Gasteiger partial charge is 0.0323 e. The van der Waals surface area contributed by atoms with Crippen molar-refractivity contribution in [2.75, 3.05) is 6.54 Å². The van der Waals surface area contributed by atoms with Crippen LogP contribution in [0.3, 0.4) is 0 Å². The van der Waals surface area contributed by atoms with E-state index < -0.39 is 0 Å². The van der Waals surface area contributed by atoms with Gasteiger partial charge in [-0.25, -0.2) is 0 Å². The normalized spacial score (nSPS) is 12.3. The number of hydrogen-bond donors (Lipinski definition) is 1. The van der Waals surface area contributed by atoms with Crippen LogP contribution in [0, 0.1) is 6.92 Å². The first-order valence-electron chi connectivity index (χ1n) is 7.23. The molecule has 1 nitrogen and oxygen atoms in total. The second-order valence-corrected chi connectivity index (χ2v) is 6.11. The zero-order valence-corrected chi connectivity index (χ0v) is 13.8. The third-order valence-corrected chi connectivity index (χ3v) is 3.94. The fraction of sp³-hybridized carbons (Fsp3) is 0.333. The molecule has 2 aromatic rings. The summed E-state index contributed by atoms with van der Waals surface area (Å²) in [5, 5.41) is 3.60. The predicted molar refractivity (Wildman–Crippen MR) is 90.1 cm³/mol. The van der Waals surface area contributed by atoms with Gasteiger partial charge < -0.3 is 5.32 Å². The molecular weight excluding hydrogens is 310 g/mol. The lowest BCUT2D eigenvalue weighted by molar-refractivity contribution is 0.515. The minimum Gasteiger partial charge on any atom is -0.310 e. The minimum absolute atomic E-state index is 0.413. The highest BCUT2D eigenvalue weighted by molar-refractivity contribution is 9.10. The molecule has 0 aromatic heterocycles. The second-order valence-electron chi connectivity index (χ2n) is 5.20. The van der Waals surface area contributed by atoms with Crippen molar-refractivity contribution in [3.05, 3.63) is 69.7 Å². The molecule has 0 aliphatic carbocycles. The summed E-state index contributed by atoms with van der Waals surface area (Å²) in [5.41, 5.74) is 4.08. The summed E-state index contributed by atoms with van der Waals surface area (Å²) < 4.78 is 1.16. The molecule has 1 atom stereocenters. The van der Waals surface area contributed by atoms with Crippen LogP contribution in [0.25, 0.3) is 0 Å². The summed E-state index contributed by atoms with van der Waals surface area (Å²) in [6.07, 6.45) is 2.22. The number of benzene rings is 2. The Kier molecular flexibility index (Phi) is 5.81. The lowest BCUT2D eigenvalue weighted by Crippen LogP contribution is -2.21. The van der Waals surface area contributed by atoms with Crippen molar-refractivity contribution in [2.45, 2.75) is 32.7 Å². The highest BCUT2D eigenvalue weighted by atomic mass is 79.9. The molecule has 106 valence electrons. The van der Waals surface area contributed by atoms with E-state index in [9.17, 15) is 0 Å². The average molecular weight is 332 g/mol. The molecule has 1 N–H and O–H groups in total. The minimum atomic E-state index is 0.413. The fourth-order valence-corrected chi connectivity index (χ4v) is 3.18. The maximum Gasteiger partial charge on any atom is 0.0323 e. The topological polar surface area (TPSA) is 12.0 Å². The molecule has 0 saturated heterocycles. The van der Waals surface area contributed by atoms with E-state index in [0.717, 1.165) is 23.9 Å². The van der Waals surface area contributed by atoms with Crippen LogP contribution in [0.2, 0.25) is 0 Å². The van der Waals surface area contributed by atoms with Gasteiger partial charge in [0.15, 0.2) is 0 Å². The highest BCUT2D eigenvalue weighted by Gasteiger charge is 2.11. The number of aryl methyl sites for hydroxylation is 2. The van der Waals surface area contributed by atoms with Gasteiger partial charge in [-0.2, -0.15) is 0 Å². The summed E-state index contributed by atoms with van der Waals surface area (Å²) >= 11 is 3.60. The quantitative estimate of drug-likeness (QED) is 0.781. The summed E-state index contributed by atoms with van der Waals surface area (Å²) in [6, 6.07) is 17.8. The van der Waals surface area contributed by atoms with Gasteiger partial charge in [-0.15, -0.1) is 0 Å². The SMILES string of the molecule is CCNC(CCc1ccccc1)c1cc(C)cc(Br)c1. The van der Waals surface area contributed by atoms with Crippen molar-refractivity contribution in [1.82, 2.24) is 5.32 Å². The standard InChI is InChI=1S/C18H22BrN/c1-3-20-18(10-9-15-7-5-4-6-8-15)16-11-14(2)12-17(19)13-16/h4-8,11-13,18,20H,3,9-10H2,1-2H3. The third kappa shape index (κ3) is 4.46. The van der Waals surface area contributed by atoms with Crippen molar-refractivity contribution in [2.24, 2.45) is 0 Å². The molecule has 0 aliphatic heterocycles. The van der Waals surface area contributed by atoms with E-state index in [0.29, 0.717) is 6.04 Å². The number of rotatable bonds is 6. The van der Waals surface area contributed by atoms with Crippen molar-refractivity contribution < 1.29 is 0 Å². The lowest BCUT2D eigenvalue weighted by atomic mass is 9.97. The predicted octanol–water partition coefficient (Wildman–Crippen LogP) is 5.04. The molecule has 20 heavy (non-hydrogen) atoms. The molecule has 0 saturated carbocycles. The summed E-state index contributed by atoms with van der Waals surface area (Å²) in [7, 11) is 0. The molecular formula is C18H22BrN. The number of hydrogen-bond acceptors (Lipinski definition) is 1. The van der Waals surface area contributed by atoms with Crippen molar-refractivity contribution in [3.63, 3.8) is 0 Å². The van der Waals surface area contributed by atoms with E-state index in [-0.39, 0.29) is 0 Å². The Morgan fingerprint density at radius 2 is 1.85 bits per heavy atom. The van der Waals surface area contributed by atoms with Gasteiger partial charge in [-0.1, -0.05) is 59.3 Å². The molecule has 2 heteroatoms. The summed E-state index contributed by atoms with van der Waals surface area (Å²) in [5.74, 6) is 0. The molecule has 0 amide bonds. The number of halogens is 1. The molecule has 0 fully saturated rings. The zero-order chi connectivity index (χ0) is 14.4. The maximum atomic E-state index is 3.60. The van der Waals surface area contributed by atoms with Gasteiger partial charge in [0.05, 0.1) is 0 Å². The van der Waals surface area contributed by atoms with Crippen LogP contribution in [0.5, 0.6) is 0 Å². The van der Waals surface area contributed by atoms with Crippen LogP contribution < -0.4 is 5.32 Å². The molecule has 1 unspecified atom stereocenters. The van der Waals surface area contributed by atoms with Crippen LogP contribution in [-0.2, 0) is 6.42 Å².